The van der Waals surface area contributed by atoms with Crippen LogP contribution in [0.3, 0.4) is 0 Å². The maximum absolute atomic E-state index is 10.9. The second-order valence-corrected chi connectivity index (χ2v) is 4.73. The molecule has 2 nitrogen and oxygen atoms in total. The zero-order valence-electron chi connectivity index (χ0n) is 9.70. The number of carbonyl (C=O) groups is 1. The number of phenols is 1. The van der Waals surface area contributed by atoms with Crippen LogP contribution in [-0.2, 0) is 0 Å². The Labute approximate surface area is 96.3 Å². The number of benzene rings is 1. The number of aldehydes is 1. The van der Waals surface area contributed by atoms with Gasteiger partial charge in [-0.25, -0.2) is 0 Å². The average Bonchev–Trinajstić information content (AvgIpc) is 2.33. The Morgan fingerprint density at radius 1 is 1.25 bits per heavy atom. The molecule has 1 saturated carbocycles. The zero-order chi connectivity index (χ0) is 11.5. The Kier molecular flexibility index (Phi) is 3.28. The van der Waals surface area contributed by atoms with Gasteiger partial charge >= 0.3 is 0 Å². The van der Waals surface area contributed by atoms with Gasteiger partial charge in [-0.2, -0.15) is 0 Å². The van der Waals surface area contributed by atoms with Crippen molar-refractivity contribution in [1.82, 2.24) is 0 Å². The van der Waals surface area contributed by atoms with E-state index in [-0.39, 0.29) is 5.75 Å². The fourth-order valence-corrected chi connectivity index (χ4v) is 2.60. The van der Waals surface area contributed by atoms with Gasteiger partial charge in [-0.05, 0) is 42.9 Å². The number of hydrogen-bond acceptors (Lipinski definition) is 2. The van der Waals surface area contributed by atoms with Crippen molar-refractivity contribution in [2.24, 2.45) is 0 Å². The van der Waals surface area contributed by atoms with Crippen LogP contribution < -0.4 is 0 Å². The molecule has 1 aliphatic carbocycles. The van der Waals surface area contributed by atoms with E-state index in [2.05, 4.69) is 0 Å². The molecule has 1 aliphatic rings. The van der Waals surface area contributed by atoms with Crippen molar-refractivity contribution in [2.45, 2.75) is 44.9 Å². The van der Waals surface area contributed by atoms with Crippen molar-refractivity contribution in [3.63, 3.8) is 0 Å². The number of rotatable bonds is 2. The van der Waals surface area contributed by atoms with Crippen molar-refractivity contribution in [3.05, 3.63) is 28.8 Å². The molecule has 0 spiro atoms. The predicted octanol–water partition coefficient (Wildman–Crippen LogP) is 3.56. The van der Waals surface area contributed by atoms with Crippen LogP contribution in [0.4, 0.5) is 0 Å². The van der Waals surface area contributed by atoms with Gasteiger partial charge in [0.15, 0.2) is 6.29 Å². The highest BCUT2D eigenvalue weighted by Gasteiger charge is 2.17. The third-order valence-electron chi connectivity index (χ3n) is 3.56. The van der Waals surface area contributed by atoms with Gasteiger partial charge in [0.1, 0.15) is 5.75 Å². The van der Waals surface area contributed by atoms with Crippen LogP contribution in [0.1, 0.15) is 59.5 Å². The summed E-state index contributed by atoms with van der Waals surface area (Å²) in [5.41, 5.74) is 2.46. The van der Waals surface area contributed by atoms with Gasteiger partial charge < -0.3 is 5.11 Å². The monoisotopic (exact) mass is 218 g/mol. The van der Waals surface area contributed by atoms with E-state index in [1.165, 1.54) is 37.7 Å². The number of phenolic OH excluding ortho intramolecular Hbond substituents is 1. The molecule has 0 aromatic heterocycles. The molecule has 0 amide bonds. The van der Waals surface area contributed by atoms with E-state index >= 15 is 0 Å². The van der Waals surface area contributed by atoms with E-state index in [1.54, 1.807) is 0 Å². The van der Waals surface area contributed by atoms with E-state index in [1.807, 2.05) is 19.1 Å². The van der Waals surface area contributed by atoms with Gasteiger partial charge in [0.25, 0.3) is 0 Å². The summed E-state index contributed by atoms with van der Waals surface area (Å²) in [6.45, 7) is 1.86. The molecule has 1 N–H and O–H groups in total. The molecule has 16 heavy (non-hydrogen) atoms. The first-order valence-electron chi connectivity index (χ1n) is 6.01. The van der Waals surface area contributed by atoms with Crippen LogP contribution in [0.25, 0.3) is 0 Å². The van der Waals surface area contributed by atoms with E-state index in [9.17, 15) is 9.90 Å². The van der Waals surface area contributed by atoms with Crippen LogP contribution >= 0.6 is 0 Å². The molecule has 2 heteroatoms. The SMILES string of the molecule is Cc1cc(C2CCCCC2)cc(C=O)c1O. The number of carbonyl (C=O) groups excluding carboxylic acids is 1. The minimum Gasteiger partial charge on any atom is -0.507 e. The molecule has 86 valence electrons. The highest BCUT2D eigenvalue weighted by atomic mass is 16.3. The standard InChI is InChI=1S/C14H18O2/c1-10-7-12(8-13(9-15)14(10)16)11-5-3-2-4-6-11/h7-9,11,16H,2-6H2,1H3. The average molecular weight is 218 g/mol. The molecule has 0 unspecified atom stereocenters. The van der Waals surface area contributed by atoms with Crippen molar-refractivity contribution in [2.75, 3.05) is 0 Å². The van der Waals surface area contributed by atoms with Crippen molar-refractivity contribution < 1.29 is 9.90 Å². The lowest BCUT2D eigenvalue weighted by Crippen LogP contribution is -2.05. The second-order valence-electron chi connectivity index (χ2n) is 4.73. The first-order chi connectivity index (χ1) is 7.72. The Morgan fingerprint density at radius 3 is 2.56 bits per heavy atom. The summed E-state index contributed by atoms with van der Waals surface area (Å²) < 4.78 is 0. The highest BCUT2D eigenvalue weighted by Crippen LogP contribution is 2.35. The van der Waals surface area contributed by atoms with Crippen LogP contribution in [0.15, 0.2) is 12.1 Å². The van der Waals surface area contributed by atoms with Crippen molar-refractivity contribution in [1.29, 1.82) is 0 Å². The van der Waals surface area contributed by atoms with Gasteiger partial charge in [0.05, 0.1) is 5.56 Å². The Bertz CT molecular complexity index is 390. The van der Waals surface area contributed by atoms with Crippen LogP contribution in [0, 0.1) is 6.92 Å². The van der Waals surface area contributed by atoms with Crippen LogP contribution in [0.2, 0.25) is 0 Å². The number of aryl methyl sites for hydroxylation is 1. The lowest BCUT2D eigenvalue weighted by Gasteiger charge is -2.22. The Morgan fingerprint density at radius 2 is 1.94 bits per heavy atom. The van der Waals surface area contributed by atoms with Gasteiger partial charge in [-0.3, -0.25) is 4.79 Å². The molecule has 0 radical (unpaired) electrons. The molecule has 1 fully saturated rings. The molecule has 0 atom stereocenters. The molecule has 0 saturated heterocycles. The summed E-state index contributed by atoms with van der Waals surface area (Å²) in [6.07, 6.45) is 7.05. The zero-order valence-corrected chi connectivity index (χ0v) is 9.70. The van der Waals surface area contributed by atoms with Crippen molar-refractivity contribution in [3.8, 4) is 5.75 Å². The largest absolute Gasteiger partial charge is 0.507 e. The minimum atomic E-state index is 0.134. The summed E-state index contributed by atoms with van der Waals surface area (Å²) in [6, 6.07) is 3.88. The van der Waals surface area contributed by atoms with E-state index in [0.717, 1.165) is 11.8 Å². The maximum atomic E-state index is 10.9. The lowest BCUT2D eigenvalue weighted by molar-refractivity contribution is 0.112. The topological polar surface area (TPSA) is 37.3 Å². The first-order valence-corrected chi connectivity index (χ1v) is 6.01. The summed E-state index contributed by atoms with van der Waals surface area (Å²) >= 11 is 0. The normalized spacial score (nSPS) is 17.3. The van der Waals surface area contributed by atoms with E-state index in [4.69, 9.17) is 0 Å². The molecule has 0 bridgehead atoms. The fourth-order valence-electron chi connectivity index (χ4n) is 2.60. The Hall–Kier alpha value is -1.31. The van der Waals surface area contributed by atoms with Gasteiger partial charge in [-0.15, -0.1) is 0 Å². The molecule has 1 aromatic carbocycles. The minimum absolute atomic E-state index is 0.134. The van der Waals surface area contributed by atoms with Gasteiger partial charge in [0, 0.05) is 0 Å². The smallest absolute Gasteiger partial charge is 0.153 e. The Balaban J connectivity index is 2.33. The first kappa shape index (κ1) is 11.2. The molecule has 2 rings (SSSR count). The van der Waals surface area contributed by atoms with E-state index in [0.29, 0.717) is 11.5 Å². The van der Waals surface area contributed by atoms with Gasteiger partial charge in [-0.1, -0.05) is 25.3 Å². The fraction of sp³-hybridized carbons (Fsp3) is 0.500. The van der Waals surface area contributed by atoms with Gasteiger partial charge in [0.2, 0.25) is 0 Å². The summed E-state index contributed by atoms with van der Waals surface area (Å²) in [5.74, 6) is 0.710. The molecular formula is C14H18O2. The third-order valence-corrected chi connectivity index (χ3v) is 3.56. The summed E-state index contributed by atoms with van der Waals surface area (Å²) in [5, 5.41) is 9.69. The summed E-state index contributed by atoms with van der Waals surface area (Å²) in [7, 11) is 0. The second kappa shape index (κ2) is 4.69. The highest BCUT2D eigenvalue weighted by molar-refractivity contribution is 5.80. The third kappa shape index (κ3) is 2.11. The number of hydrogen-bond donors (Lipinski definition) is 1. The number of aromatic hydroxyl groups is 1. The summed E-state index contributed by atoms with van der Waals surface area (Å²) in [4.78, 5) is 10.9. The van der Waals surface area contributed by atoms with Crippen LogP contribution in [-0.4, -0.2) is 11.4 Å². The van der Waals surface area contributed by atoms with E-state index < -0.39 is 0 Å². The maximum Gasteiger partial charge on any atom is 0.153 e. The lowest BCUT2D eigenvalue weighted by atomic mass is 9.83. The molecule has 0 aliphatic heterocycles. The molecule has 0 heterocycles. The van der Waals surface area contributed by atoms with Crippen molar-refractivity contribution >= 4 is 6.29 Å². The van der Waals surface area contributed by atoms with Crippen LogP contribution in [0.5, 0.6) is 5.75 Å². The molecule has 1 aromatic rings. The quantitative estimate of drug-likeness (QED) is 0.770. The predicted molar refractivity (Wildman–Crippen MR) is 64.1 cm³/mol. The molecular weight excluding hydrogens is 200 g/mol.